The highest BCUT2D eigenvalue weighted by Gasteiger charge is 2.50. The maximum absolute atomic E-state index is 11.7. The Labute approximate surface area is 129 Å². The van der Waals surface area contributed by atoms with Crippen molar-refractivity contribution in [3.05, 3.63) is 0 Å². The van der Waals surface area contributed by atoms with Crippen LogP contribution in [0.25, 0.3) is 0 Å². The van der Waals surface area contributed by atoms with E-state index in [4.69, 9.17) is 14.6 Å². The van der Waals surface area contributed by atoms with Crippen LogP contribution in [0, 0.1) is 0 Å². The molecule has 23 heavy (non-hydrogen) atoms. The van der Waals surface area contributed by atoms with Gasteiger partial charge < -0.3 is 44.8 Å². The molecule has 0 aliphatic carbocycles. The maximum atomic E-state index is 11.7. The van der Waals surface area contributed by atoms with Gasteiger partial charge in [0.25, 0.3) is 0 Å². The molecule has 2 fully saturated rings. The van der Waals surface area contributed by atoms with Crippen molar-refractivity contribution in [3.63, 3.8) is 0 Å². The minimum atomic E-state index is -1.99. The number of cyclic esters (lactones) is 1. The molecule has 8 atom stereocenters. The van der Waals surface area contributed by atoms with Crippen LogP contribution in [0.4, 0.5) is 0 Å². The number of hydrogen-bond acceptors (Lipinski definition) is 11. The van der Waals surface area contributed by atoms with E-state index in [1.807, 2.05) is 0 Å². The minimum absolute atomic E-state index is 0.690. The van der Waals surface area contributed by atoms with Crippen molar-refractivity contribution in [3.8, 4) is 0 Å². The van der Waals surface area contributed by atoms with E-state index >= 15 is 0 Å². The first kappa shape index (κ1) is 18.2. The van der Waals surface area contributed by atoms with Gasteiger partial charge in [-0.05, 0) is 0 Å². The predicted octanol–water partition coefficient (Wildman–Crippen LogP) is -4.98. The Hall–Kier alpha value is -1.18. The zero-order valence-corrected chi connectivity index (χ0v) is 11.8. The summed E-state index contributed by atoms with van der Waals surface area (Å²) < 4.78 is 14.8. The van der Waals surface area contributed by atoms with Crippen molar-refractivity contribution < 1.29 is 54.4 Å². The van der Waals surface area contributed by atoms with Gasteiger partial charge >= 0.3 is 5.97 Å². The summed E-state index contributed by atoms with van der Waals surface area (Å²) in [5.41, 5.74) is 0. The van der Waals surface area contributed by atoms with Crippen LogP contribution in [0.1, 0.15) is 0 Å². The molecule has 0 aromatic rings. The highest BCUT2D eigenvalue weighted by atomic mass is 16.7. The van der Waals surface area contributed by atoms with Crippen LogP contribution in [-0.4, -0.2) is 105 Å². The Morgan fingerprint density at radius 3 is 2.17 bits per heavy atom. The van der Waals surface area contributed by atoms with E-state index in [-0.39, 0.29) is 0 Å². The van der Waals surface area contributed by atoms with Crippen LogP contribution in [0.15, 0.2) is 0 Å². The summed E-state index contributed by atoms with van der Waals surface area (Å²) in [6.07, 6.45) is -13.0. The Kier molecular flexibility index (Phi) is 5.65. The molecule has 2 aliphatic heterocycles. The molecule has 6 N–H and O–H groups in total. The average Bonchev–Trinajstić information content (AvgIpc) is 2.79. The van der Waals surface area contributed by atoms with E-state index in [0.29, 0.717) is 0 Å². The summed E-state index contributed by atoms with van der Waals surface area (Å²) in [4.78, 5) is 22.8. The molecule has 11 heteroatoms. The third kappa shape index (κ3) is 3.36. The van der Waals surface area contributed by atoms with Crippen molar-refractivity contribution in [2.45, 2.75) is 49.0 Å². The second kappa shape index (κ2) is 7.15. The summed E-state index contributed by atoms with van der Waals surface area (Å²) in [6, 6.07) is 0. The summed E-state index contributed by atoms with van der Waals surface area (Å²) >= 11 is 0. The van der Waals surface area contributed by atoms with Crippen molar-refractivity contribution in [1.82, 2.24) is 0 Å². The molecular formula is C12H18O11. The molecule has 0 saturated carbocycles. The van der Waals surface area contributed by atoms with Crippen LogP contribution < -0.4 is 0 Å². The van der Waals surface area contributed by atoms with E-state index in [1.165, 1.54) is 0 Å². The van der Waals surface area contributed by atoms with Crippen molar-refractivity contribution in [2.24, 2.45) is 0 Å². The lowest BCUT2D eigenvalue weighted by Gasteiger charge is -2.40. The lowest BCUT2D eigenvalue weighted by atomic mass is 9.99. The van der Waals surface area contributed by atoms with Gasteiger partial charge in [0, 0.05) is 0 Å². The van der Waals surface area contributed by atoms with Crippen LogP contribution >= 0.6 is 0 Å². The first-order chi connectivity index (χ1) is 10.8. The summed E-state index contributed by atoms with van der Waals surface area (Å²) in [6.45, 7) is -1.52. The fourth-order valence-corrected chi connectivity index (χ4v) is 2.34. The van der Waals surface area contributed by atoms with Gasteiger partial charge in [-0.3, -0.25) is 4.79 Å². The number of rotatable bonds is 5. The van der Waals surface area contributed by atoms with Gasteiger partial charge in [0.15, 0.2) is 12.4 Å². The second-order valence-corrected chi connectivity index (χ2v) is 5.22. The largest absolute Gasteiger partial charge is 0.449 e. The quantitative estimate of drug-likeness (QED) is 0.208. The lowest BCUT2D eigenvalue weighted by Crippen LogP contribution is -2.60. The Morgan fingerprint density at radius 2 is 1.70 bits per heavy atom. The van der Waals surface area contributed by atoms with Crippen molar-refractivity contribution in [2.75, 3.05) is 13.2 Å². The number of ketones is 1. The second-order valence-electron chi connectivity index (χ2n) is 5.22. The van der Waals surface area contributed by atoms with Crippen molar-refractivity contribution >= 4 is 11.8 Å². The standard InChI is InChI=1S/C12H18O11/c13-1-3-5(15)6(16)9(19)12(21-3)22-4(2-14)10-7(17)8(18)11(20)23-10/h3-6,8-10,12-16,18-19H,1-2H2/t3-,4+,5-,6+,8?,9-,10?,12-/m1/s1. The van der Waals surface area contributed by atoms with E-state index in [0.717, 1.165) is 0 Å². The first-order valence-corrected chi connectivity index (χ1v) is 6.81. The molecule has 0 bridgehead atoms. The summed E-state index contributed by atoms with van der Waals surface area (Å²) in [5, 5.41) is 56.7. The van der Waals surface area contributed by atoms with Gasteiger partial charge in [0.1, 0.15) is 30.5 Å². The lowest BCUT2D eigenvalue weighted by molar-refractivity contribution is -0.317. The van der Waals surface area contributed by atoms with Gasteiger partial charge in [0.05, 0.1) is 13.2 Å². The SMILES string of the molecule is O=C1OC([C@H](CO)O[C@H]2O[C@H](CO)[C@@H](O)[C@H](O)[C@H]2O)C(=O)C1O. The fraction of sp³-hybridized carbons (Fsp3) is 0.833. The van der Waals surface area contributed by atoms with Gasteiger partial charge in [-0.1, -0.05) is 0 Å². The van der Waals surface area contributed by atoms with Gasteiger partial charge in [-0.2, -0.15) is 0 Å². The van der Waals surface area contributed by atoms with Crippen LogP contribution in [-0.2, 0) is 23.8 Å². The first-order valence-electron chi connectivity index (χ1n) is 6.81. The third-order valence-electron chi connectivity index (χ3n) is 3.69. The summed E-state index contributed by atoms with van der Waals surface area (Å²) in [5.74, 6) is -2.23. The number of esters is 1. The Balaban J connectivity index is 2.09. The molecular weight excluding hydrogens is 320 g/mol. The molecule has 2 heterocycles. The van der Waals surface area contributed by atoms with Gasteiger partial charge in [0.2, 0.25) is 11.9 Å². The molecule has 0 aromatic heterocycles. The van der Waals surface area contributed by atoms with Gasteiger partial charge in [-0.25, -0.2) is 4.79 Å². The zero-order chi connectivity index (χ0) is 17.3. The molecule has 0 amide bonds. The Bertz CT molecular complexity index is 452. The van der Waals surface area contributed by atoms with E-state index in [2.05, 4.69) is 4.74 Å². The highest BCUT2D eigenvalue weighted by Crippen LogP contribution is 2.25. The summed E-state index contributed by atoms with van der Waals surface area (Å²) in [7, 11) is 0. The molecule has 2 saturated heterocycles. The molecule has 0 radical (unpaired) electrons. The van der Waals surface area contributed by atoms with Crippen molar-refractivity contribution in [1.29, 1.82) is 0 Å². The number of carbonyl (C=O) groups is 2. The van der Waals surface area contributed by atoms with E-state index < -0.39 is 74.0 Å². The number of Topliss-reactive ketones (excluding diaryl/α,β-unsaturated/α-hetero) is 1. The van der Waals surface area contributed by atoms with Crippen LogP contribution in [0.3, 0.4) is 0 Å². The third-order valence-corrected chi connectivity index (χ3v) is 3.69. The highest BCUT2D eigenvalue weighted by molar-refractivity contribution is 6.09. The molecule has 132 valence electrons. The van der Waals surface area contributed by atoms with Crippen LogP contribution in [0.5, 0.6) is 0 Å². The number of ether oxygens (including phenoxy) is 3. The zero-order valence-electron chi connectivity index (χ0n) is 11.8. The van der Waals surface area contributed by atoms with E-state index in [1.54, 1.807) is 0 Å². The number of carbonyl (C=O) groups excluding carboxylic acids is 2. The average molecular weight is 338 g/mol. The molecule has 2 aliphatic rings. The number of aliphatic hydroxyl groups is 6. The smallest absolute Gasteiger partial charge is 0.343 e. The minimum Gasteiger partial charge on any atom is -0.449 e. The molecule has 2 unspecified atom stereocenters. The number of aliphatic hydroxyl groups excluding tert-OH is 6. The maximum Gasteiger partial charge on any atom is 0.343 e. The number of hydrogen-bond donors (Lipinski definition) is 6. The topological polar surface area (TPSA) is 183 Å². The normalized spacial score (nSPS) is 42.6. The van der Waals surface area contributed by atoms with Gasteiger partial charge in [-0.15, -0.1) is 0 Å². The van der Waals surface area contributed by atoms with E-state index in [9.17, 15) is 35.1 Å². The fourth-order valence-electron chi connectivity index (χ4n) is 2.34. The molecule has 0 spiro atoms. The Morgan fingerprint density at radius 1 is 1.04 bits per heavy atom. The monoisotopic (exact) mass is 338 g/mol. The molecule has 2 rings (SSSR count). The molecule has 11 nitrogen and oxygen atoms in total. The molecule has 0 aromatic carbocycles. The van der Waals surface area contributed by atoms with Crippen LogP contribution in [0.2, 0.25) is 0 Å². The predicted molar refractivity (Wildman–Crippen MR) is 66.6 cm³/mol.